The highest BCUT2D eigenvalue weighted by atomic mass is 35.5. The number of likely N-dealkylation sites (N-methyl/N-ethyl adjacent to an activating group) is 1. The lowest BCUT2D eigenvalue weighted by Crippen LogP contribution is -2.45. The number of carbonyl (C=O) groups is 1. The quantitative estimate of drug-likeness (QED) is 0.374. The number of benzene rings is 2. The molecule has 1 unspecified atom stereocenters. The Labute approximate surface area is 236 Å². The molecule has 1 atom stereocenters. The maximum atomic E-state index is 13.9. The van der Waals surface area contributed by atoms with E-state index in [-0.39, 0.29) is 23.0 Å². The lowest BCUT2D eigenvalue weighted by atomic mass is 9.77. The van der Waals surface area contributed by atoms with Crippen molar-refractivity contribution in [1.82, 2.24) is 14.1 Å². The molecule has 1 fully saturated rings. The third-order valence-corrected chi connectivity index (χ3v) is 9.12. The van der Waals surface area contributed by atoms with E-state index < -0.39 is 33.0 Å². The number of hydrogen-bond acceptors (Lipinski definition) is 4. The monoisotopic (exact) mass is 611 g/mol. The first-order chi connectivity index (χ1) is 18.0. The fourth-order valence-corrected chi connectivity index (χ4v) is 5.93. The van der Waals surface area contributed by atoms with Gasteiger partial charge in [-0.15, -0.1) is 0 Å². The Morgan fingerprint density at radius 3 is 2.33 bits per heavy atom. The van der Waals surface area contributed by atoms with Crippen LogP contribution in [0.5, 0.6) is 0 Å². The Morgan fingerprint density at radius 2 is 1.72 bits per heavy atom. The van der Waals surface area contributed by atoms with Gasteiger partial charge in [0.2, 0.25) is 15.9 Å². The van der Waals surface area contributed by atoms with Crippen molar-refractivity contribution in [3.8, 4) is 0 Å². The van der Waals surface area contributed by atoms with Crippen LogP contribution in [-0.2, 0) is 33.0 Å². The SMILES string of the molecule is CN(Cc1ccc(F)c(C(F)(F)F)c1)C(=O)C(C)(CCN1CCCN(S(C)(=O)=O)CC1)c1ccc(Cl)c(Cl)c1. The summed E-state index contributed by atoms with van der Waals surface area (Å²) in [6.45, 7) is 3.90. The van der Waals surface area contributed by atoms with Crippen molar-refractivity contribution in [2.75, 3.05) is 46.0 Å². The first kappa shape index (κ1) is 31.6. The second-order valence-electron chi connectivity index (χ2n) is 10.0. The van der Waals surface area contributed by atoms with Crippen molar-refractivity contribution in [2.24, 2.45) is 0 Å². The van der Waals surface area contributed by atoms with E-state index in [2.05, 4.69) is 4.90 Å². The minimum absolute atomic E-state index is 0.129. The topological polar surface area (TPSA) is 60.9 Å². The van der Waals surface area contributed by atoms with Gasteiger partial charge in [-0.3, -0.25) is 4.79 Å². The molecule has 216 valence electrons. The van der Waals surface area contributed by atoms with Gasteiger partial charge in [-0.2, -0.15) is 13.2 Å². The van der Waals surface area contributed by atoms with Gasteiger partial charge in [0.15, 0.2) is 0 Å². The molecular weight excluding hydrogens is 581 g/mol. The molecule has 6 nitrogen and oxygen atoms in total. The molecule has 0 spiro atoms. The molecule has 3 rings (SSSR count). The fraction of sp³-hybridized carbons (Fsp3) is 0.500. The Kier molecular flexibility index (Phi) is 9.97. The van der Waals surface area contributed by atoms with Crippen molar-refractivity contribution in [2.45, 2.75) is 37.9 Å². The zero-order chi connectivity index (χ0) is 29.2. The molecule has 13 heteroatoms. The lowest BCUT2D eigenvalue weighted by molar-refractivity contribution is -0.140. The van der Waals surface area contributed by atoms with Gasteiger partial charge in [-0.05, 0) is 68.2 Å². The largest absolute Gasteiger partial charge is 0.419 e. The normalized spacial score (nSPS) is 17.5. The average molecular weight is 613 g/mol. The second kappa shape index (κ2) is 12.3. The highest BCUT2D eigenvalue weighted by molar-refractivity contribution is 7.88. The number of amides is 1. The number of sulfonamides is 1. The van der Waals surface area contributed by atoms with Crippen LogP contribution in [-0.4, -0.2) is 74.5 Å². The van der Waals surface area contributed by atoms with Crippen molar-refractivity contribution in [3.63, 3.8) is 0 Å². The van der Waals surface area contributed by atoms with Crippen molar-refractivity contribution >= 4 is 39.1 Å². The molecule has 0 aliphatic carbocycles. The van der Waals surface area contributed by atoms with Gasteiger partial charge in [0, 0.05) is 33.2 Å². The van der Waals surface area contributed by atoms with E-state index in [1.807, 2.05) is 0 Å². The fourth-order valence-electron chi connectivity index (χ4n) is 4.75. The summed E-state index contributed by atoms with van der Waals surface area (Å²) in [6.07, 6.45) is -2.73. The van der Waals surface area contributed by atoms with Crippen LogP contribution in [0.25, 0.3) is 0 Å². The average Bonchev–Trinajstić information content (AvgIpc) is 3.10. The predicted octanol–water partition coefficient (Wildman–Crippen LogP) is 5.43. The molecule has 2 aromatic rings. The number of alkyl halides is 3. The minimum atomic E-state index is -4.86. The number of carbonyl (C=O) groups excluding carboxylic acids is 1. The van der Waals surface area contributed by atoms with Gasteiger partial charge in [0.05, 0.1) is 27.3 Å². The van der Waals surface area contributed by atoms with Gasteiger partial charge in [0.1, 0.15) is 5.82 Å². The van der Waals surface area contributed by atoms with Gasteiger partial charge in [-0.1, -0.05) is 35.3 Å². The molecule has 0 N–H and O–H groups in total. The molecule has 1 saturated heterocycles. The van der Waals surface area contributed by atoms with Crippen molar-refractivity contribution < 1.29 is 30.8 Å². The molecule has 2 aromatic carbocycles. The van der Waals surface area contributed by atoms with Crippen molar-refractivity contribution in [3.05, 3.63) is 69.0 Å². The van der Waals surface area contributed by atoms with Gasteiger partial charge in [-0.25, -0.2) is 17.1 Å². The van der Waals surface area contributed by atoms with Crippen LogP contribution >= 0.6 is 23.2 Å². The summed E-state index contributed by atoms with van der Waals surface area (Å²) in [7, 11) is -1.84. The molecule has 0 radical (unpaired) electrons. The minimum Gasteiger partial charge on any atom is -0.341 e. The molecule has 1 heterocycles. The van der Waals surface area contributed by atoms with E-state index in [9.17, 15) is 30.8 Å². The van der Waals surface area contributed by atoms with E-state index >= 15 is 0 Å². The first-order valence-corrected chi connectivity index (χ1v) is 14.9. The van der Waals surface area contributed by atoms with E-state index in [1.54, 1.807) is 25.1 Å². The molecule has 1 amide bonds. The smallest absolute Gasteiger partial charge is 0.341 e. The third kappa shape index (κ3) is 7.85. The highest BCUT2D eigenvalue weighted by Crippen LogP contribution is 2.36. The van der Waals surface area contributed by atoms with Crippen LogP contribution < -0.4 is 0 Å². The summed E-state index contributed by atoms with van der Waals surface area (Å²) in [4.78, 5) is 17.3. The van der Waals surface area contributed by atoms with E-state index in [0.29, 0.717) is 62.2 Å². The van der Waals surface area contributed by atoms with E-state index in [4.69, 9.17) is 23.2 Å². The maximum absolute atomic E-state index is 13.9. The Balaban J connectivity index is 1.85. The molecular formula is C26H31Cl2F4N3O3S. The van der Waals surface area contributed by atoms with Crippen LogP contribution in [0.1, 0.15) is 36.5 Å². The molecule has 0 bridgehead atoms. The van der Waals surface area contributed by atoms with Gasteiger partial charge >= 0.3 is 6.18 Å². The van der Waals surface area contributed by atoms with Crippen LogP contribution in [0.3, 0.4) is 0 Å². The van der Waals surface area contributed by atoms with Crippen LogP contribution in [0, 0.1) is 5.82 Å². The molecule has 0 aromatic heterocycles. The molecule has 1 aliphatic heterocycles. The lowest BCUT2D eigenvalue weighted by Gasteiger charge is -2.35. The highest BCUT2D eigenvalue weighted by Gasteiger charge is 2.39. The molecule has 1 aliphatic rings. The first-order valence-electron chi connectivity index (χ1n) is 12.3. The summed E-state index contributed by atoms with van der Waals surface area (Å²) in [5.74, 6) is -1.75. The summed E-state index contributed by atoms with van der Waals surface area (Å²) in [5, 5.41) is 0.561. The second-order valence-corrected chi connectivity index (χ2v) is 12.8. The number of halogens is 6. The maximum Gasteiger partial charge on any atom is 0.419 e. The number of hydrogen-bond donors (Lipinski definition) is 0. The zero-order valence-electron chi connectivity index (χ0n) is 21.9. The van der Waals surface area contributed by atoms with Crippen LogP contribution in [0.4, 0.5) is 17.6 Å². The summed E-state index contributed by atoms with van der Waals surface area (Å²) >= 11 is 12.4. The standard InChI is InChI=1S/C26H31Cl2F4N3O3S/c1-25(19-6-7-21(27)22(28)16-19,9-12-34-10-4-11-35(14-13-34)39(3,37)38)24(36)33(2)17-18-5-8-23(29)20(15-18)26(30,31)32/h5-8,15-16H,4,9-14,17H2,1-3H3. The zero-order valence-corrected chi connectivity index (χ0v) is 24.2. The van der Waals surface area contributed by atoms with Crippen molar-refractivity contribution in [1.29, 1.82) is 0 Å². The summed E-state index contributed by atoms with van der Waals surface area (Å²) in [6, 6.07) is 7.54. The Hall–Kier alpha value is -1.92. The Morgan fingerprint density at radius 1 is 1.03 bits per heavy atom. The number of nitrogens with zero attached hydrogens (tertiary/aromatic N) is 3. The summed E-state index contributed by atoms with van der Waals surface area (Å²) in [5.41, 5.74) is -1.82. The third-order valence-electron chi connectivity index (χ3n) is 7.08. The summed E-state index contributed by atoms with van der Waals surface area (Å²) < 4.78 is 78.8. The van der Waals surface area contributed by atoms with Crippen LogP contribution in [0.2, 0.25) is 10.0 Å². The van der Waals surface area contributed by atoms with E-state index in [0.717, 1.165) is 6.07 Å². The molecule has 0 saturated carbocycles. The molecule has 39 heavy (non-hydrogen) atoms. The van der Waals surface area contributed by atoms with Gasteiger partial charge in [0.25, 0.3) is 0 Å². The van der Waals surface area contributed by atoms with Gasteiger partial charge < -0.3 is 9.80 Å². The predicted molar refractivity (Wildman–Crippen MR) is 144 cm³/mol. The Bertz CT molecular complexity index is 1310. The van der Waals surface area contributed by atoms with E-state index in [1.165, 1.54) is 28.6 Å². The van der Waals surface area contributed by atoms with Crippen LogP contribution in [0.15, 0.2) is 36.4 Å². The number of rotatable bonds is 8.